The number of rotatable bonds is 13. The summed E-state index contributed by atoms with van der Waals surface area (Å²) >= 11 is 3.50. The molecule has 0 fully saturated rings. The van der Waals surface area contributed by atoms with Gasteiger partial charge in [0.15, 0.2) is 0 Å². The summed E-state index contributed by atoms with van der Waals surface area (Å²) in [4.78, 5) is 29.3. The summed E-state index contributed by atoms with van der Waals surface area (Å²) in [5, 5.41) is 3.06. The maximum absolute atomic E-state index is 14.0. The minimum atomic E-state index is -3.65. The van der Waals surface area contributed by atoms with E-state index in [1.165, 1.54) is 11.4 Å². The summed E-state index contributed by atoms with van der Waals surface area (Å²) in [5.74, 6) is -0.0674. The fourth-order valence-corrected chi connectivity index (χ4v) is 6.07. The van der Waals surface area contributed by atoms with Crippen LogP contribution in [0.4, 0.5) is 5.69 Å². The van der Waals surface area contributed by atoms with Crippen LogP contribution in [-0.4, -0.2) is 56.6 Å². The number of carbonyl (C=O) groups is 2. The first-order chi connectivity index (χ1) is 19.8. The first-order valence-electron chi connectivity index (χ1n) is 13.8. The van der Waals surface area contributed by atoms with Crippen LogP contribution < -0.4 is 14.4 Å². The monoisotopic (exact) mass is 657 g/mol. The number of amides is 2. The zero-order chi connectivity index (χ0) is 30.9. The molecule has 1 atom stereocenters. The van der Waals surface area contributed by atoms with E-state index in [2.05, 4.69) is 21.2 Å². The van der Waals surface area contributed by atoms with E-state index in [-0.39, 0.29) is 37.7 Å². The fraction of sp³-hybridized carbons (Fsp3) is 0.375. The van der Waals surface area contributed by atoms with E-state index in [1.807, 2.05) is 75.4 Å². The number of ether oxygens (including phenoxy) is 1. The molecule has 0 aromatic heterocycles. The van der Waals surface area contributed by atoms with Crippen LogP contribution >= 0.6 is 15.9 Å². The molecule has 42 heavy (non-hydrogen) atoms. The van der Waals surface area contributed by atoms with Gasteiger partial charge in [-0.2, -0.15) is 0 Å². The third kappa shape index (κ3) is 9.87. The van der Waals surface area contributed by atoms with Gasteiger partial charge in [0.2, 0.25) is 21.8 Å². The van der Waals surface area contributed by atoms with Crippen molar-refractivity contribution in [1.29, 1.82) is 0 Å². The predicted molar refractivity (Wildman–Crippen MR) is 171 cm³/mol. The van der Waals surface area contributed by atoms with E-state index >= 15 is 0 Å². The largest absolute Gasteiger partial charge is 0.495 e. The Morgan fingerprint density at radius 3 is 2.21 bits per heavy atom. The molecule has 0 aliphatic carbocycles. The van der Waals surface area contributed by atoms with Crippen molar-refractivity contribution in [2.75, 3.05) is 24.2 Å². The number of hydrogen-bond acceptors (Lipinski definition) is 5. The summed E-state index contributed by atoms with van der Waals surface area (Å²) in [6, 6.07) is 23.3. The van der Waals surface area contributed by atoms with Gasteiger partial charge in [-0.15, -0.1) is 0 Å². The van der Waals surface area contributed by atoms with Gasteiger partial charge in [0.05, 0.1) is 19.1 Å². The van der Waals surface area contributed by atoms with Crippen LogP contribution in [0.1, 0.15) is 44.7 Å². The lowest BCUT2D eigenvalue weighted by molar-refractivity contribution is -0.142. The number of methoxy groups -OCH3 is 1. The second-order valence-electron chi connectivity index (χ2n) is 11.2. The Morgan fingerprint density at radius 2 is 1.60 bits per heavy atom. The molecule has 0 unspecified atom stereocenters. The normalized spacial score (nSPS) is 12.3. The molecule has 0 spiro atoms. The maximum Gasteiger partial charge on any atom is 0.243 e. The zero-order valence-corrected chi connectivity index (χ0v) is 27.2. The minimum Gasteiger partial charge on any atom is -0.495 e. The molecule has 0 radical (unpaired) electrons. The molecule has 10 heteroatoms. The number of anilines is 1. The predicted octanol–water partition coefficient (Wildman–Crippen LogP) is 5.56. The molecule has 3 aromatic carbocycles. The molecular weight excluding hydrogens is 618 g/mol. The number of sulfonamides is 1. The van der Waals surface area contributed by atoms with Crippen molar-refractivity contribution < 1.29 is 22.7 Å². The third-order valence-electron chi connectivity index (χ3n) is 6.52. The van der Waals surface area contributed by atoms with Crippen molar-refractivity contribution >= 4 is 43.5 Å². The Bertz CT molecular complexity index is 1460. The Kier molecular flexibility index (Phi) is 11.6. The van der Waals surface area contributed by atoms with Crippen LogP contribution in [0, 0.1) is 0 Å². The first kappa shape index (κ1) is 33.1. The van der Waals surface area contributed by atoms with Gasteiger partial charge in [-0.25, -0.2) is 8.42 Å². The van der Waals surface area contributed by atoms with Crippen molar-refractivity contribution in [2.45, 2.75) is 58.2 Å². The average Bonchev–Trinajstić information content (AvgIpc) is 2.92. The molecule has 0 aliphatic rings. The van der Waals surface area contributed by atoms with Gasteiger partial charge in [0.1, 0.15) is 11.8 Å². The van der Waals surface area contributed by atoms with Gasteiger partial charge >= 0.3 is 0 Å². The number of para-hydroxylation sites is 2. The number of halogens is 1. The molecule has 0 saturated carbocycles. The van der Waals surface area contributed by atoms with E-state index in [4.69, 9.17) is 4.74 Å². The lowest BCUT2D eigenvalue weighted by atomic mass is 10.00. The summed E-state index contributed by atoms with van der Waals surface area (Å²) < 4.78 is 33.0. The smallest absolute Gasteiger partial charge is 0.243 e. The summed E-state index contributed by atoms with van der Waals surface area (Å²) in [6.07, 6.45) is 1.76. The Hall–Kier alpha value is -3.37. The third-order valence-corrected chi connectivity index (χ3v) is 8.19. The highest BCUT2D eigenvalue weighted by Crippen LogP contribution is 2.30. The quantitative estimate of drug-likeness (QED) is 0.260. The molecule has 0 aliphatic heterocycles. The van der Waals surface area contributed by atoms with E-state index < -0.39 is 21.6 Å². The van der Waals surface area contributed by atoms with Gasteiger partial charge < -0.3 is 15.0 Å². The molecule has 1 N–H and O–H groups in total. The standard InChI is InChI=1S/C32H40BrN3O5S/c1-32(2,3)34-31(38)28(22-24-13-7-6-8-14-24)35(23-25-15-11-16-26(33)21-25)30(37)19-12-20-36(42(5,39)40)27-17-9-10-18-29(27)41-4/h6-11,13-18,21,28H,12,19-20,22-23H2,1-5H3,(H,34,38)/t28-/m1/s1. The highest BCUT2D eigenvalue weighted by atomic mass is 79.9. The fourth-order valence-electron chi connectivity index (χ4n) is 4.66. The van der Waals surface area contributed by atoms with Gasteiger partial charge in [-0.3, -0.25) is 13.9 Å². The highest BCUT2D eigenvalue weighted by Gasteiger charge is 2.32. The molecule has 226 valence electrons. The van der Waals surface area contributed by atoms with Crippen molar-refractivity contribution in [3.05, 3.63) is 94.5 Å². The molecule has 0 heterocycles. The Labute approximate surface area is 258 Å². The second-order valence-corrected chi connectivity index (χ2v) is 14.0. The van der Waals surface area contributed by atoms with Gasteiger partial charge in [-0.1, -0.05) is 70.5 Å². The van der Waals surface area contributed by atoms with E-state index in [1.54, 1.807) is 29.2 Å². The average molecular weight is 659 g/mol. The summed E-state index contributed by atoms with van der Waals surface area (Å²) in [5.41, 5.74) is 1.71. The van der Waals surface area contributed by atoms with Gasteiger partial charge in [0.25, 0.3) is 0 Å². The molecule has 3 aromatic rings. The molecule has 0 bridgehead atoms. The Balaban J connectivity index is 1.92. The number of nitrogens with one attached hydrogen (secondary N) is 1. The van der Waals surface area contributed by atoms with Crippen LogP contribution in [-0.2, 0) is 32.6 Å². The maximum atomic E-state index is 14.0. The van der Waals surface area contributed by atoms with Crippen LogP contribution in [0.25, 0.3) is 0 Å². The number of nitrogens with zero attached hydrogens (tertiary/aromatic N) is 2. The SMILES string of the molecule is COc1ccccc1N(CCCC(=O)N(Cc1cccc(Br)c1)[C@H](Cc1ccccc1)C(=O)NC(C)(C)C)S(C)(=O)=O. The lowest BCUT2D eigenvalue weighted by Crippen LogP contribution is -2.54. The lowest BCUT2D eigenvalue weighted by Gasteiger charge is -2.34. The Morgan fingerprint density at radius 1 is 0.952 bits per heavy atom. The van der Waals surface area contributed by atoms with Crippen LogP contribution in [0.2, 0.25) is 0 Å². The van der Waals surface area contributed by atoms with Crippen LogP contribution in [0.15, 0.2) is 83.3 Å². The number of carbonyl (C=O) groups excluding carboxylic acids is 2. The second kappa shape index (κ2) is 14.7. The highest BCUT2D eigenvalue weighted by molar-refractivity contribution is 9.10. The molecular formula is C32H40BrN3O5S. The van der Waals surface area contributed by atoms with Crippen molar-refractivity contribution in [2.24, 2.45) is 0 Å². The molecule has 0 saturated heterocycles. The minimum absolute atomic E-state index is 0.0449. The van der Waals surface area contributed by atoms with Crippen LogP contribution in [0.3, 0.4) is 0 Å². The van der Waals surface area contributed by atoms with E-state index in [0.717, 1.165) is 21.9 Å². The molecule has 3 rings (SSSR count). The molecule has 8 nitrogen and oxygen atoms in total. The van der Waals surface area contributed by atoms with Crippen molar-refractivity contribution in [3.63, 3.8) is 0 Å². The van der Waals surface area contributed by atoms with Crippen molar-refractivity contribution in [3.8, 4) is 5.75 Å². The van der Waals surface area contributed by atoms with E-state index in [9.17, 15) is 18.0 Å². The molecule has 2 amide bonds. The topological polar surface area (TPSA) is 96.0 Å². The summed E-state index contributed by atoms with van der Waals surface area (Å²) in [7, 11) is -2.17. The van der Waals surface area contributed by atoms with Gasteiger partial charge in [0, 0.05) is 35.9 Å². The number of hydrogen-bond donors (Lipinski definition) is 1. The van der Waals surface area contributed by atoms with Crippen molar-refractivity contribution in [1.82, 2.24) is 10.2 Å². The van der Waals surface area contributed by atoms with E-state index in [0.29, 0.717) is 17.9 Å². The number of benzene rings is 3. The first-order valence-corrected chi connectivity index (χ1v) is 16.4. The van der Waals surface area contributed by atoms with Gasteiger partial charge in [-0.05, 0) is 62.6 Å². The zero-order valence-electron chi connectivity index (χ0n) is 24.8. The van der Waals surface area contributed by atoms with Crippen LogP contribution in [0.5, 0.6) is 5.75 Å². The summed E-state index contributed by atoms with van der Waals surface area (Å²) in [6.45, 7) is 6.01.